The van der Waals surface area contributed by atoms with E-state index in [0.29, 0.717) is 0 Å². The van der Waals surface area contributed by atoms with Crippen molar-refractivity contribution in [3.8, 4) is 11.5 Å². The van der Waals surface area contributed by atoms with Crippen LogP contribution < -0.4 is 14.8 Å². The lowest BCUT2D eigenvalue weighted by Gasteiger charge is -2.15. The zero-order chi connectivity index (χ0) is 18.3. The van der Waals surface area contributed by atoms with Crippen LogP contribution in [0, 0.1) is 10.1 Å². The van der Waals surface area contributed by atoms with E-state index in [1.165, 1.54) is 13.2 Å². The van der Waals surface area contributed by atoms with Crippen molar-refractivity contribution < 1.29 is 29.1 Å². The van der Waals surface area contributed by atoms with Gasteiger partial charge < -0.3 is 19.9 Å². The zero-order valence-electron chi connectivity index (χ0n) is 13.7. The minimum atomic E-state index is -0.982. The summed E-state index contributed by atoms with van der Waals surface area (Å²) in [5.41, 5.74) is -0.593. The minimum Gasteiger partial charge on any atom is -0.493 e. The first-order chi connectivity index (χ1) is 11.3. The van der Waals surface area contributed by atoms with Crippen LogP contribution in [0.15, 0.2) is 12.1 Å². The number of nitro benzene ring substituents is 1. The van der Waals surface area contributed by atoms with Gasteiger partial charge in [0.15, 0.2) is 11.5 Å². The van der Waals surface area contributed by atoms with Gasteiger partial charge in [0.1, 0.15) is 5.56 Å². The van der Waals surface area contributed by atoms with Gasteiger partial charge in [-0.15, -0.1) is 0 Å². The van der Waals surface area contributed by atoms with Crippen LogP contribution in [-0.4, -0.2) is 41.7 Å². The molecular formula is C15H20N2O7. The second-order valence-electron chi connectivity index (χ2n) is 5.02. The van der Waals surface area contributed by atoms with Crippen LogP contribution in [0.1, 0.15) is 37.0 Å². The Kier molecular flexibility index (Phi) is 6.97. The average Bonchev–Trinajstić information content (AvgIpc) is 2.52. The van der Waals surface area contributed by atoms with Crippen LogP contribution in [0.2, 0.25) is 0 Å². The van der Waals surface area contributed by atoms with E-state index in [9.17, 15) is 19.7 Å². The number of carboxylic acids is 1. The van der Waals surface area contributed by atoms with Gasteiger partial charge in [-0.2, -0.15) is 0 Å². The predicted molar refractivity (Wildman–Crippen MR) is 84.6 cm³/mol. The first-order valence-electron chi connectivity index (χ1n) is 7.32. The molecule has 0 aliphatic rings. The Bertz CT molecular complexity index is 630. The summed E-state index contributed by atoms with van der Waals surface area (Å²) < 4.78 is 10.4. The van der Waals surface area contributed by atoms with E-state index in [1.54, 1.807) is 13.8 Å². The maximum absolute atomic E-state index is 12.3. The molecule has 0 spiro atoms. The lowest BCUT2D eigenvalue weighted by Crippen LogP contribution is -2.33. The molecule has 0 saturated carbocycles. The van der Waals surface area contributed by atoms with E-state index in [-0.39, 0.29) is 36.5 Å². The highest BCUT2D eigenvalue weighted by Gasteiger charge is 2.25. The molecule has 9 nitrogen and oxygen atoms in total. The number of benzene rings is 1. The van der Waals surface area contributed by atoms with Crippen molar-refractivity contribution in [2.75, 3.05) is 13.7 Å². The number of nitrogens with one attached hydrogen (secondary N) is 1. The lowest BCUT2D eigenvalue weighted by atomic mass is 10.1. The number of amides is 1. The summed E-state index contributed by atoms with van der Waals surface area (Å²) in [6, 6.07) is 1.92. The van der Waals surface area contributed by atoms with Crippen LogP contribution in [0.5, 0.6) is 11.5 Å². The predicted octanol–water partition coefficient (Wildman–Crippen LogP) is 1.99. The molecule has 0 aliphatic carbocycles. The van der Waals surface area contributed by atoms with Gasteiger partial charge in [0.25, 0.3) is 11.6 Å². The Morgan fingerprint density at radius 3 is 2.54 bits per heavy atom. The quantitative estimate of drug-likeness (QED) is 0.519. The first kappa shape index (κ1) is 19.2. The fourth-order valence-corrected chi connectivity index (χ4v) is 2.02. The molecule has 24 heavy (non-hydrogen) atoms. The highest BCUT2D eigenvalue weighted by Crippen LogP contribution is 2.34. The van der Waals surface area contributed by atoms with E-state index in [4.69, 9.17) is 14.6 Å². The topological polar surface area (TPSA) is 128 Å². The van der Waals surface area contributed by atoms with E-state index in [1.807, 2.05) is 0 Å². The van der Waals surface area contributed by atoms with E-state index in [2.05, 4.69) is 5.32 Å². The number of methoxy groups -OCH3 is 1. The third kappa shape index (κ3) is 5.11. The zero-order valence-corrected chi connectivity index (χ0v) is 13.7. The van der Waals surface area contributed by atoms with Crippen molar-refractivity contribution in [3.05, 3.63) is 27.8 Å². The summed E-state index contributed by atoms with van der Waals surface area (Å²) in [6.45, 7) is 3.62. The van der Waals surface area contributed by atoms with Crippen molar-refractivity contribution in [1.82, 2.24) is 5.32 Å². The molecule has 1 aromatic carbocycles. The fourth-order valence-electron chi connectivity index (χ4n) is 2.02. The molecule has 0 saturated heterocycles. The Hall–Kier alpha value is -2.84. The van der Waals surface area contributed by atoms with E-state index in [0.717, 1.165) is 6.07 Å². The van der Waals surface area contributed by atoms with E-state index >= 15 is 0 Å². The van der Waals surface area contributed by atoms with Crippen molar-refractivity contribution >= 4 is 17.6 Å². The summed E-state index contributed by atoms with van der Waals surface area (Å²) in [7, 11) is 1.36. The molecule has 0 aromatic heterocycles. The number of nitrogens with zero attached hydrogens (tertiary/aromatic N) is 1. The van der Waals surface area contributed by atoms with Crippen LogP contribution in [0.3, 0.4) is 0 Å². The Balaban J connectivity index is 3.09. The summed E-state index contributed by atoms with van der Waals surface area (Å²) >= 11 is 0. The summed E-state index contributed by atoms with van der Waals surface area (Å²) in [6.07, 6.45) is 0.0964. The molecule has 1 unspecified atom stereocenters. The number of hydrogen-bond donors (Lipinski definition) is 2. The number of hydrogen-bond acceptors (Lipinski definition) is 6. The second kappa shape index (κ2) is 8.70. The molecule has 0 fully saturated rings. The summed E-state index contributed by atoms with van der Waals surface area (Å²) in [5, 5.41) is 22.4. The SMILES string of the molecule is CCOc1cc([N+](=O)[O-])c(C(=O)NC(C)CCC(=O)O)cc1OC. The molecule has 1 atom stereocenters. The fraction of sp³-hybridized carbons (Fsp3) is 0.467. The highest BCUT2D eigenvalue weighted by molar-refractivity contribution is 5.99. The monoisotopic (exact) mass is 340 g/mol. The van der Waals surface area contributed by atoms with Crippen molar-refractivity contribution in [2.24, 2.45) is 0 Å². The minimum absolute atomic E-state index is 0.115. The number of ether oxygens (including phenoxy) is 2. The van der Waals surface area contributed by atoms with Gasteiger partial charge >= 0.3 is 5.97 Å². The van der Waals surface area contributed by atoms with Gasteiger partial charge in [0.2, 0.25) is 0 Å². The van der Waals surface area contributed by atoms with Crippen molar-refractivity contribution in [1.29, 1.82) is 0 Å². The second-order valence-corrected chi connectivity index (χ2v) is 5.02. The molecule has 0 radical (unpaired) electrons. The Morgan fingerprint density at radius 1 is 1.38 bits per heavy atom. The molecule has 132 valence electrons. The number of carbonyl (C=O) groups excluding carboxylic acids is 1. The smallest absolute Gasteiger partial charge is 0.303 e. The number of aliphatic carboxylic acids is 1. The maximum Gasteiger partial charge on any atom is 0.303 e. The first-order valence-corrected chi connectivity index (χ1v) is 7.32. The molecule has 0 heterocycles. The number of carbonyl (C=O) groups is 2. The molecule has 1 aromatic rings. The molecular weight excluding hydrogens is 320 g/mol. The number of nitro groups is 1. The average molecular weight is 340 g/mol. The van der Waals surface area contributed by atoms with Crippen LogP contribution in [0.25, 0.3) is 0 Å². The molecule has 1 amide bonds. The van der Waals surface area contributed by atoms with Crippen LogP contribution >= 0.6 is 0 Å². The molecule has 1 rings (SSSR count). The normalized spacial score (nSPS) is 11.5. The molecule has 0 aliphatic heterocycles. The van der Waals surface area contributed by atoms with Crippen molar-refractivity contribution in [3.63, 3.8) is 0 Å². The van der Waals surface area contributed by atoms with Gasteiger partial charge in [0, 0.05) is 18.5 Å². The highest BCUT2D eigenvalue weighted by atomic mass is 16.6. The van der Waals surface area contributed by atoms with Gasteiger partial charge in [-0.25, -0.2) is 0 Å². The van der Waals surface area contributed by atoms with Crippen molar-refractivity contribution in [2.45, 2.75) is 32.7 Å². The molecule has 9 heteroatoms. The third-order valence-corrected chi connectivity index (χ3v) is 3.19. The third-order valence-electron chi connectivity index (χ3n) is 3.19. The molecule has 2 N–H and O–H groups in total. The van der Waals surface area contributed by atoms with E-state index < -0.39 is 28.5 Å². The Labute approximate surface area is 138 Å². The maximum atomic E-state index is 12.3. The summed E-state index contributed by atoms with van der Waals surface area (Å²) in [4.78, 5) is 33.4. The van der Waals surface area contributed by atoms with Crippen LogP contribution in [0.4, 0.5) is 5.69 Å². The largest absolute Gasteiger partial charge is 0.493 e. The van der Waals surface area contributed by atoms with Gasteiger partial charge in [-0.3, -0.25) is 19.7 Å². The number of carboxylic acid groups (broad SMARTS) is 1. The summed E-state index contributed by atoms with van der Waals surface area (Å²) in [5.74, 6) is -1.29. The van der Waals surface area contributed by atoms with Gasteiger partial charge in [-0.05, 0) is 20.3 Å². The van der Waals surface area contributed by atoms with Crippen LogP contribution in [-0.2, 0) is 4.79 Å². The number of rotatable bonds is 9. The lowest BCUT2D eigenvalue weighted by molar-refractivity contribution is -0.385. The Morgan fingerprint density at radius 2 is 2.04 bits per heavy atom. The molecule has 0 bridgehead atoms. The standard InChI is InChI=1S/C15H20N2O7/c1-4-24-13-8-11(17(21)22)10(7-12(13)23-3)15(20)16-9(2)5-6-14(18)19/h7-9H,4-6H2,1-3H3,(H,16,20)(H,18,19). The van der Waals surface area contributed by atoms with Gasteiger partial charge in [0.05, 0.1) is 24.7 Å². The van der Waals surface area contributed by atoms with Gasteiger partial charge in [-0.1, -0.05) is 0 Å².